The number of carboxylic acids is 1. The molecule has 0 aliphatic carbocycles. The lowest BCUT2D eigenvalue weighted by Crippen LogP contribution is -2.28. The topological polar surface area (TPSA) is 43.5 Å². The number of fused-ring (bicyclic) bond motifs is 3. The molecule has 5 rings (SSSR count). The lowest BCUT2D eigenvalue weighted by molar-refractivity contribution is -0.438. The Kier molecular flexibility index (Phi) is 10.7. The average molecular weight is 610 g/mol. The third-order valence-corrected chi connectivity index (χ3v) is 10.3. The van der Waals surface area contributed by atoms with Crippen molar-refractivity contribution < 1.29 is 14.5 Å². The molecule has 0 bridgehead atoms. The van der Waals surface area contributed by atoms with E-state index in [4.69, 9.17) is 0 Å². The molecule has 0 saturated heterocycles. The number of carbonyl (C=O) groups is 1. The summed E-state index contributed by atoms with van der Waals surface area (Å²) < 4.78 is 2.44. The van der Waals surface area contributed by atoms with Crippen molar-refractivity contribution in [3.8, 4) is 0 Å². The van der Waals surface area contributed by atoms with Gasteiger partial charge in [-0.15, -0.1) is 0 Å². The van der Waals surface area contributed by atoms with E-state index in [2.05, 4.69) is 91.8 Å². The van der Waals surface area contributed by atoms with E-state index < -0.39 is 5.97 Å². The van der Waals surface area contributed by atoms with E-state index >= 15 is 0 Å². The van der Waals surface area contributed by atoms with Gasteiger partial charge in [-0.05, 0) is 74.7 Å². The summed E-state index contributed by atoms with van der Waals surface area (Å²) in [5.41, 5.74) is 7.34. The summed E-state index contributed by atoms with van der Waals surface area (Å²) in [5.74, 6) is -0.873. The predicted octanol–water partition coefficient (Wildman–Crippen LogP) is 11.0. The molecule has 0 spiro atoms. The molecule has 0 amide bonds. The molecule has 5 heteroatoms. The normalized spacial score (nSPS) is 15.0. The van der Waals surface area contributed by atoms with Crippen LogP contribution in [0.4, 0.5) is 17.1 Å². The highest BCUT2D eigenvalue weighted by atomic mass is 32.2. The van der Waals surface area contributed by atoms with Gasteiger partial charge in [0.25, 0.3) is 0 Å². The molecule has 2 aliphatic rings. The van der Waals surface area contributed by atoms with Gasteiger partial charge in [0.15, 0.2) is 5.71 Å². The Morgan fingerprint density at radius 1 is 0.818 bits per heavy atom. The van der Waals surface area contributed by atoms with Crippen molar-refractivity contribution in [2.75, 3.05) is 18.0 Å². The van der Waals surface area contributed by atoms with Crippen LogP contribution in [0.25, 0.3) is 6.08 Å². The van der Waals surface area contributed by atoms with Crippen LogP contribution in [0.1, 0.15) is 113 Å². The first-order chi connectivity index (χ1) is 21.3. The molecule has 0 radical (unpaired) electrons. The van der Waals surface area contributed by atoms with Gasteiger partial charge in [-0.25, -0.2) is 4.79 Å². The third kappa shape index (κ3) is 6.99. The van der Waals surface area contributed by atoms with E-state index in [1.54, 1.807) is 6.07 Å². The summed E-state index contributed by atoms with van der Waals surface area (Å²) in [6.45, 7) is 11.0. The Hall–Kier alpha value is -3.31. The number of anilines is 2. The summed E-state index contributed by atoms with van der Waals surface area (Å²) in [6, 6.07) is 21.3. The largest absolute Gasteiger partial charge is 0.478 e. The first-order valence-electron chi connectivity index (χ1n) is 16.7. The Bertz CT molecular complexity index is 1540. The Balaban J connectivity index is 1.43. The van der Waals surface area contributed by atoms with E-state index in [1.807, 2.05) is 23.9 Å². The van der Waals surface area contributed by atoms with Crippen molar-refractivity contribution in [1.29, 1.82) is 0 Å². The number of benzene rings is 3. The minimum absolute atomic E-state index is 0.295. The third-order valence-electron chi connectivity index (χ3n) is 9.19. The van der Waals surface area contributed by atoms with Gasteiger partial charge < -0.3 is 10.0 Å². The molecule has 2 heterocycles. The molecule has 3 aromatic carbocycles. The van der Waals surface area contributed by atoms with Crippen LogP contribution in [0.2, 0.25) is 0 Å². The van der Waals surface area contributed by atoms with Crippen LogP contribution >= 0.6 is 11.8 Å². The number of hydrogen-bond donors (Lipinski definition) is 1. The van der Waals surface area contributed by atoms with E-state index in [9.17, 15) is 9.90 Å². The fourth-order valence-corrected chi connectivity index (χ4v) is 7.81. The van der Waals surface area contributed by atoms with Gasteiger partial charge in [-0.1, -0.05) is 88.8 Å². The number of hydrogen-bond acceptors (Lipinski definition) is 3. The van der Waals surface area contributed by atoms with Gasteiger partial charge in [0.1, 0.15) is 6.54 Å². The van der Waals surface area contributed by atoms with Crippen LogP contribution < -0.4 is 4.90 Å². The first kappa shape index (κ1) is 32.1. The van der Waals surface area contributed by atoms with Crippen LogP contribution in [-0.2, 0) is 5.41 Å². The molecule has 3 aromatic rings. The van der Waals surface area contributed by atoms with Crippen molar-refractivity contribution >= 4 is 46.6 Å². The second kappa shape index (κ2) is 14.6. The highest BCUT2D eigenvalue weighted by Gasteiger charge is 2.44. The zero-order chi connectivity index (χ0) is 31.1. The average Bonchev–Trinajstić information content (AvgIpc) is 3.23. The van der Waals surface area contributed by atoms with E-state index in [-0.39, 0.29) is 5.41 Å². The molecule has 1 N–H and O–H groups in total. The molecular weight excluding hydrogens is 561 g/mol. The van der Waals surface area contributed by atoms with Crippen molar-refractivity contribution in [1.82, 2.24) is 0 Å². The van der Waals surface area contributed by atoms with Gasteiger partial charge in [0.05, 0.1) is 22.4 Å². The summed E-state index contributed by atoms with van der Waals surface area (Å²) in [7, 11) is 0. The number of nitrogens with zero attached hydrogens (tertiary/aromatic N) is 2. The fraction of sp³-hybridized carbons (Fsp3) is 0.436. The van der Waals surface area contributed by atoms with Crippen molar-refractivity contribution in [2.45, 2.75) is 107 Å². The highest BCUT2D eigenvalue weighted by molar-refractivity contribution is 7.99. The molecular formula is C39H49N2O2S+. The van der Waals surface area contributed by atoms with Crippen LogP contribution in [0, 0.1) is 0 Å². The van der Waals surface area contributed by atoms with E-state index in [0.717, 1.165) is 30.8 Å². The second-order valence-electron chi connectivity index (χ2n) is 12.8. The van der Waals surface area contributed by atoms with Crippen LogP contribution in [0.3, 0.4) is 0 Å². The maximum Gasteiger partial charge on any atom is 0.335 e. The van der Waals surface area contributed by atoms with Gasteiger partial charge in [0.2, 0.25) is 5.69 Å². The highest BCUT2D eigenvalue weighted by Crippen LogP contribution is 2.48. The molecule has 232 valence electrons. The lowest BCUT2D eigenvalue weighted by atomic mass is 9.80. The number of allylic oxidation sites excluding steroid dienone is 1. The maximum absolute atomic E-state index is 11.8. The zero-order valence-electron chi connectivity index (χ0n) is 27.1. The number of rotatable bonds is 15. The van der Waals surface area contributed by atoms with Crippen LogP contribution in [-0.4, -0.2) is 34.5 Å². The SMILES string of the molecule is CCCCCCCC[N+]1=C(C=Cc2ccc3c(c2)Sc2ccccc2N3CCCCCC)C(C)(C)c2cc(C(=O)O)ccc21. The number of unbranched alkanes of at least 4 members (excludes halogenated alkanes) is 8. The minimum atomic E-state index is -0.873. The Morgan fingerprint density at radius 3 is 2.30 bits per heavy atom. The lowest BCUT2D eigenvalue weighted by Gasteiger charge is -2.33. The number of carboxylic acid groups (broad SMARTS) is 1. The second-order valence-corrected chi connectivity index (χ2v) is 13.9. The quantitative estimate of drug-likeness (QED) is 0.137. The number of aromatic carboxylic acids is 1. The van der Waals surface area contributed by atoms with Gasteiger partial charge >= 0.3 is 5.97 Å². The standard InChI is InChI=1S/C39H48N2O2S/c1-5-7-9-11-12-16-26-41-32-23-21-30(38(42)43)28-31(32)39(3,4)37(41)24-20-29-19-22-34-36(27-29)44-35-18-14-13-17-33(35)40(34)25-15-10-8-6-2/h13-14,17-24,27-28H,5-12,15-16,25-26H2,1-4H3/p+1. The summed E-state index contributed by atoms with van der Waals surface area (Å²) in [4.78, 5) is 17.0. The zero-order valence-corrected chi connectivity index (χ0v) is 27.9. The molecule has 4 nitrogen and oxygen atoms in total. The van der Waals surface area contributed by atoms with E-state index in [0.29, 0.717) is 5.56 Å². The van der Waals surface area contributed by atoms with E-state index in [1.165, 1.54) is 90.2 Å². The monoisotopic (exact) mass is 609 g/mol. The molecule has 0 fully saturated rings. The molecule has 2 aliphatic heterocycles. The Labute approximate surface area is 268 Å². The molecule has 0 unspecified atom stereocenters. The molecule has 44 heavy (non-hydrogen) atoms. The predicted molar refractivity (Wildman–Crippen MR) is 187 cm³/mol. The molecule has 0 saturated carbocycles. The van der Waals surface area contributed by atoms with Gasteiger partial charge in [0, 0.05) is 40.5 Å². The summed E-state index contributed by atoms with van der Waals surface area (Å²) >= 11 is 1.87. The van der Waals surface area contributed by atoms with Gasteiger partial charge in [-0.2, -0.15) is 4.58 Å². The first-order valence-corrected chi connectivity index (χ1v) is 17.6. The summed E-state index contributed by atoms with van der Waals surface area (Å²) in [6.07, 6.45) is 17.0. The van der Waals surface area contributed by atoms with Crippen LogP contribution in [0.15, 0.2) is 76.5 Å². The number of para-hydroxylation sites is 1. The Morgan fingerprint density at radius 2 is 1.52 bits per heavy atom. The van der Waals surface area contributed by atoms with Crippen molar-refractivity contribution in [3.63, 3.8) is 0 Å². The molecule has 0 aromatic heterocycles. The molecule has 0 atom stereocenters. The smallest absolute Gasteiger partial charge is 0.335 e. The van der Waals surface area contributed by atoms with Crippen molar-refractivity contribution in [3.05, 3.63) is 83.4 Å². The van der Waals surface area contributed by atoms with Crippen LogP contribution in [0.5, 0.6) is 0 Å². The minimum Gasteiger partial charge on any atom is -0.478 e. The fourth-order valence-electron chi connectivity index (χ4n) is 6.67. The maximum atomic E-state index is 11.8. The summed E-state index contributed by atoms with van der Waals surface area (Å²) in [5, 5.41) is 9.72. The van der Waals surface area contributed by atoms with Gasteiger partial charge in [-0.3, -0.25) is 0 Å². The van der Waals surface area contributed by atoms with Crippen molar-refractivity contribution in [2.24, 2.45) is 0 Å².